The second-order valence-corrected chi connectivity index (χ2v) is 9.48. The standard InChI is InChI=1S/C25H17ClN2O2S2/c26-17-10-12-18(13-11-17)28-24(30)22(32-25(28)31)21-19-8-4-5-9-20(19)27(23(21)29)15-14-16-6-2-1-3-7-16/h1-13H,14-15H2. The van der Waals surface area contributed by atoms with Crippen molar-refractivity contribution in [2.75, 3.05) is 16.3 Å². The zero-order chi connectivity index (χ0) is 22.2. The molecule has 0 bridgehead atoms. The number of nitrogens with zero attached hydrogens (tertiary/aromatic N) is 2. The lowest BCUT2D eigenvalue weighted by Gasteiger charge is -2.17. The minimum Gasteiger partial charge on any atom is -0.307 e. The van der Waals surface area contributed by atoms with Gasteiger partial charge in [0.05, 0.1) is 21.9 Å². The van der Waals surface area contributed by atoms with Crippen LogP contribution < -0.4 is 9.80 Å². The Labute approximate surface area is 200 Å². The minimum absolute atomic E-state index is 0.168. The lowest BCUT2D eigenvalue weighted by Crippen LogP contribution is -2.30. The molecule has 2 amide bonds. The van der Waals surface area contributed by atoms with Crippen LogP contribution in [0.5, 0.6) is 0 Å². The van der Waals surface area contributed by atoms with E-state index < -0.39 is 0 Å². The van der Waals surface area contributed by atoms with Crippen molar-refractivity contribution in [3.05, 3.63) is 99.9 Å². The van der Waals surface area contributed by atoms with E-state index in [1.807, 2.05) is 54.6 Å². The molecular formula is C25H17ClN2O2S2. The first-order chi connectivity index (χ1) is 15.5. The molecule has 7 heteroatoms. The summed E-state index contributed by atoms with van der Waals surface area (Å²) >= 11 is 12.7. The number of hydrogen-bond acceptors (Lipinski definition) is 4. The van der Waals surface area contributed by atoms with Gasteiger partial charge in [-0.2, -0.15) is 0 Å². The quantitative estimate of drug-likeness (QED) is 0.357. The fourth-order valence-electron chi connectivity index (χ4n) is 3.94. The van der Waals surface area contributed by atoms with Crippen molar-refractivity contribution in [2.24, 2.45) is 0 Å². The highest BCUT2D eigenvalue weighted by Gasteiger charge is 2.42. The zero-order valence-electron chi connectivity index (χ0n) is 16.8. The number of halogens is 1. The van der Waals surface area contributed by atoms with Gasteiger partial charge in [-0.05, 0) is 42.3 Å². The number of carbonyl (C=O) groups excluding carboxylic acids is 2. The third-order valence-electron chi connectivity index (χ3n) is 5.47. The molecule has 2 heterocycles. The molecule has 3 aromatic rings. The molecule has 0 atom stereocenters. The van der Waals surface area contributed by atoms with Crippen molar-refractivity contribution in [3.8, 4) is 0 Å². The first-order valence-corrected chi connectivity index (χ1v) is 11.7. The van der Waals surface area contributed by atoms with Gasteiger partial charge >= 0.3 is 0 Å². The number of para-hydroxylation sites is 1. The molecule has 2 aliphatic rings. The van der Waals surface area contributed by atoms with Crippen LogP contribution in [0.3, 0.4) is 0 Å². The smallest absolute Gasteiger partial charge is 0.271 e. The summed E-state index contributed by atoms with van der Waals surface area (Å²) in [6.07, 6.45) is 0.722. The van der Waals surface area contributed by atoms with Gasteiger partial charge in [0, 0.05) is 17.1 Å². The maximum absolute atomic E-state index is 13.5. The summed E-state index contributed by atoms with van der Waals surface area (Å²) in [5, 5.41) is 0.575. The molecule has 0 N–H and O–H groups in total. The van der Waals surface area contributed by atoms with Crippen LogP contribution in [0.1, 0.15) is 11.1 Å². The van der Waals surface area contributed by atoms with E-state index in [2.05, 4.69) is 0 Å². The maximum Gasteiger partial charge on any atom is 0.271 e. The Morgan fingerprint density at radius 1 is 0.844 bits per heavy atom. The van der Waals surface area contributed by atoms with Crippen LogP contribution in [0.2, 0.25) is 5.02 Å². The monoisotopic (exact) mass is 476 g/mol. The fraction of sp³-hybridized carbons (Fsp3) is 0.0800. The van der Waals surface area contributed by atoms with Gasteiger partial charge in [0.1, 0.15) is 0 Å². The van der Waals surface area contributed by atoms with Crippen molar-refractivity contribution < 1.29 is 9.59 Å². The molecule has 0 radical (unpaired) electrons. The largest absolute Gasteiger partial charge is 0.307 e. The summed E-state index contributed by atoms with van der Waals surface area (Å²) in [7, 11) is 0. The SMILES string of the molecule is O=C1C(=C2SC(=S)N(c3ccc(Cl)cc3)C2=O)c2ccccc2N1CCc1ccccc1. The fourth-order valence-corrected chi connectivity index (χ4v) is 5.44. The second-order valence-electron chi connectivity index (χ2n) is 7.40. The number of thioether (sulfide) groups is 1. The van der Waals surface area contributed by atoms with Crippen molar-refractivity contribution in [3.63, 3.8) is 0 Å². The number of anilines is 2. The first-order valence-electron chi connectivity index (χ1n) is 10.1. The molecule has 158 valence electrons. The van der Waals surface area contributed by atoms with Crippen LogP contribution >= 0.6 is 35.6 Å². The normalized spacial score (nSPS) is 18.0. The van der Waals surface area contributed by atoms with Crippen molar-refractivity contribution in [1.29, 1.82) is 0 Å². The van der Waals surface area contributed by atoms with Crippen LogP contribution in [0.25, 0.3) is 5.57 Å². The number of benzene rings is 3. The van der Waals surface area contributed by atoms with Crippen LogP contribution in [0.4, 0.5) is 11.4 Å². The molecule has 0 aromatic heterocycles. The Morgan fingerprint density at radius 2 is 1.53 bits per heavy atom. The lowest BCUT2D eigenvalue weighted by molar-refractivity contribution is -0.115. The van der Waals surface area contributed by atoms with E-state index in [1.165, 1.54) is 16.7 Å². The summed E-state index contributed by atoms with van der Waals surface area (Å²) < 4.78 is 0.396. The predicted octanol–water partition coefficient (Wildman–Crippen LogP) is 5.71. The second kappa shape index (κ2) is 8.54. The van der Waals surface area contributed by atoms with Crippen LogP contribution in [0.15, 0.2) is 83.8 Å². The number of rotatable bonds is 4. The minimum atomic E-state index is -0.287. The van der Waals surface area contributed by atoms with E-state index >= 15 is 0 Å². The Morgan fingerprint density at radius 3 is 2.28 bits per heavy atom. The Bertz CT molecular complexity index is 1270. The molecule has 5 rings (SSSR count). The van der Waals surface area contributed by atoms with Crippen LogP contribution in [-0.2, 0) is 16.0 Å². The van der Waals surface area contributed by atoms with Gasteiger partial charge < -0.3 is 4.90 Å². The van der Waals surface area contributed by atoms with Crippen LogP contribution in [-0.4, -0.2) is 22.7 Å². The Hall–Kier alpha value is -2.93. The van der Waals surface area contributed by atoms with Gasteiger partial charge in [-0.25, -0.2) is 0 Å². The molecule has 4 nitrogen and oxygen atoms in total. The molecule has 0 saturated carbocycles. The summed E-state index contributed by atoms with van der Waals surface area (Å²) in [5.74, 6) is -0.455. The number of fused-ring (bicyclic) bond motifs is 1. The van der Waals surface area contributed by atoms with Gasteiger partial charge in [0.15, 0.2) is 4.32 Å². The molecule has 32 heavy (non-hydrogen) atoms. The molecule has 0 aliphatic carbocycles. The molecule has 3 aromatic carbocycles. The average molecular weight is 477 g/mol. The molecular weight excluding hydrogens is 460 g/mol. The number of amides is 2. The summed E-state index contributed by atoms with van der Waals surface area (Å²) in [6, 6.07) is 24.6. The molecule has 2 aliphatic heterocycles. The molecule has 1 fully saturated rings. The number of hydrogen-bond donors (Lipinski definition) is 0. The van der Waals surface area contributed by atoms with E-state index in [4.69, 9.17) is 23.8 Å². The van der Waals surface area contributed by atoms with Gasteiger partial charge in [0.25, 0.3) is 11.8 Å². The summed E-state index contributed by atoms with van der Waals surface area (Å²) in [6.45, 7) is 0.529. The Kier molecular flexibility index (Phi) is 5.59. The van der Waals surface area contributed by atoms with E-state index in [1.54, 1.807) is 29.2 Å². The maximum atomic E-state index is 13.5. The zero-order valence-corrected chi connectivity index (χ0v) is 19.2. The van der Waals surface area contributed by atoms with Crippen LogP contribution in [0, 0.1) is 0 Å². The predicted molar refractivity (Wildman–Crippen MR) is 135 cm³/mol. The third-order valence-corrected chi connectivity index (χ3v) is 7.10. The van der Waals surface area contributed by atoms with E-state index in [0.717, 1.165) is 23.2 Å². The topological polar surface area (TPSA) is 40.6 Å². The third kappa shape index (κ3) is 3.64. The van der Waals surface area contributed by atoms with Gasteiger partial charge in [-0.15, -0.1) is 0 Å². The number of thiocarbonyl (C=S) groups is 1. The van der Waals surface area contributed by atoms with E-state index in [-0.39, 0.29) is 11.8 Å². The van der Waals surface area contributed by atoms with Crippen molar-refractivity contribution in [2.45, 2.75) is 6.42 Å². The number of carbonyl (C=O) groups is 2. The van der Waals surface area contributed by atoms with Crippen molar-refractivity contribution in [1.82, 2.24) is 0 Å². The van der Waals surface area contributed by atoms with E-state index in [0.29, 0.717) is 32.1 Å². The van der Waals surface area contributed by atoms with Gasteiger partial charge in [-0.3, -0.25) is 14.5 Å². The van der Waals surface area contributed by atoms with Gasteiger partial charge in [0.2, 0.25) is 0 Å². The first kappa shape index (κ1) is 20.9. The molecule has 1 saturated heterocycles. The lowest BCUT2D eigenvalue weighted by atomic mass is 10.1. The molecule has 0 spiro atoms. The molecule has 0 unspecified atom stereocenters. The summed E-state index contributed by atoms with van der Waals surface area (Å²) in [4.78, 5) is 30.5. The van der Waals surface area contributed by atoms with Crippen molar-refractivity contribution >= 4 is 68.7 Å². The highest BCUT2D eigenvalue weighted by Crippen LogP contribution is 2.45. The summed E-state index contributed by atoms with van der Waals surface area (Å²) in [5.41, 5.74) is 3.79. The van der Waals surface area contributed by atoms with Gasteiger partial charge in [-0.1, -0.05) is 84.1 Å². The average Bonchev–Trinajstić information content (AvgIpc) is 3.25. The highest BCUT2D eigenvalue weighted by atomic mass is 35.5. The highest BCUT2D eigenvalue weighted by molar-refractivity contribution is 8.27. The Balaban J connectivity index is 1.51. The van der Waals surface area contributed by atoms with E-state index in [9.17, 15) is 9.59 Å².